The normalized spacial score (nSPS) is 11.8. The van der Waals surface area contributed by atoms with Crippen LogP contribution in [-0.4, -0.2) is 14.5 Å². The highest BCUT2D eigenvalue weighted by Crippen LogP contribution is 2.39. The molecule has 150 valence electrons. The Morgan fingerprint density at radius 1 is 0.625 bits per heavy atom. The van der Waals surface area contributed by atoms with Crippen LogP contribution in [-0.2, 0) is 0 Å². The number of hydrogen-bond donors (Lipinski definition) is 0. The fourth-order valence-electron chi connectivity index (χ4n) is 4.68. The summed E-state index contributed by atoms with van der Waals surface area (Å²) in [6, 6.07) is 33.9. The first kappa shape index (κ1) is 17.6. The van der Waals surface area contributed by atoms with Crippen molar-refractivity contribution in [3.05, 3.63) is 103 Å². The molecule has 32 heavy (non-hydrogen) atoms. The predicted molar refractivity (Wildman–Crippen MR) is 135 cm³/mol. The Kier molecular flexibility index (Phi) is 3.72. The molecule has 3 nitrogen and oxygen atoms in total. The lowest BCUT2D eigenvalue weighted by atomic mass is 10.1. The highest BCUT2D eigenvalue weighted by atomic mass is 32.1. The SMILES string of the molecule is c1cc(-c2cccc3c2sc2ccccc23)nc(-n2c3ccccc3c3ncccc32)c1. The quantitative estimate of drug-likeness (QED) is 0.284. The van der Waals surface area contributed by atoms with Crippen molar-refractivity contribution in [3.8, 4) is 17.1 Å². The van der Waals surface area contributed by atoms with Gasteiger partial charge in [-0.2, -0.15) is 0 Å². The van der Waals surface area contributed by atoms with Gasteiger partial charge in [-0.3, -0.25) is 9.55 Å². The van der Waals surface area contributed by atoms with Crippen LogP contribution < -0.4 is 0 Å². The lowest BCUT2D eigenvalue weighted by molar-refractivity contribution is 1.08. The van der Waals surface area contributed by atoms with E-state index in [1.165, 1.54) is 25.7 Å². The van der Waals surface area contributed by atoms with E-state index in [0.29, 0.717) is 0 Å². The molecule has 0 saturated heterocycles. The number of fused-ring (bicyclic) bond motifs is 6. The first-order valence-electron chi connectivity index (χ1n) is 10.6. The summed E-state index contributed by atoms with van der Waals surface area (Å²) in [4.78, 5) is 9.80. The van der Waals surface area contributed by atoms with Gasteiger partial charge in [0.05, 0.1) is 22.2 Å². The summed E-state index contributed by atoms with van der Waals surface area (Å²) in [7, 11) is 0. The molecule has 0 aliphatic rings. The van der Waals surface area contributed by atoms with Gasteiger partial charge >= 0.3 is 0 Å². The molecule has 0 unspecified atom stereocenters. The van der Waals surface area contributed by atoms with Crippen LogP contribution in [0.25, 0.3) is 59.2 Å². The molecule has 0 aliphatic carbocycles. The van der Waals surface area contributed by atoms with Gasteiger partial charge in [-0.1, -0.05) is 60.7 Å². The Hall–Kier alpha value is -4.02. The zero-order valence-corrected chi connectivity index (χ0v) is 17.9. The summed E-state index contributed by atoms with van der Waals surface area (Å²) in [5.74, 6) is 0.903. The lowest BCUT2D eigenvalue weighted by Crippen LogP contribution is -1.98. The number of para-hydroxylation sites is 1. The average molecular weight is 428 g/mol. The zero-order chi connectivity index (χ0) is 21.1. The van der Waals surface area contributed by atoms with Crippen molar-refractivity contribution in [2.75, 3.05) is 0 Å². The molecule has 0 radical (unpaired) electrons. The molecular formula is C28H17N3S. The molecule has 0 fully saturated rings. The van der Waals surface area contributed by atoms with Gasteiger partial charge in [-0.05, 0) is 36.4 Å². The Bertz CT molecular complexity index is 1740. The van der Waals surface area contributed by atoms with Gasteiger partial charge in [-0.15, -0.1) is 11.3 Å². The Balaban J connectivity index is 1.50. The number of benzene rings is 3. The van der Waals surface area contributed by atoms with Crippen LogP contribution in [0.2, 0.25) is 0 Å². The first-order chi connectivity index (χ1) is 15.9. The minimum atomic E-state index is 0.903. The highest BCUT2D eigenvalue weighted by Gasteiger charge is 2.15. The van der Waals surface area contributed by atoms with Gasteiger partial charge in [0.1, 0.15) is 5.82 Å². The summed E-state index contributed by atoms with van der Waals surface area (Å²) in [5, 5.41) is 3.73. The molecule has 0 amide bonds. The number of aromatic nitrogens is 3. The minimum Gasteiger partial charge on any atom is -0.292 e. The van der Waals surface area contributed by atoms with Crippen LogP contribution in [0.4, 0.5) is 0 Å². The van der Waals surface area contributed by atoms with Crippen LogP contribution in [0.15, 0.2) is 103 Å². The number of hydrogen-bond acceptors (Lipinski definition) is 3. The van der Waals surface area contributed by atoms with E-state index in [9.17, 15) is 0 Å². The summed E-state index contributed by atoms with van der Waals surface area (Å²) >= 11 is 1.83. The Morgan fingerprint density at radius 2 is 1.41 bits per heavy atom. The second kappa shape index (κ2) is 6.74. The molecule has 0 saturated carbocycles. The zero-order valence-electron chi connectivity index (χ0n) is 17.1. The van der Waals surface area contributed by atoms with Crippen molar-refractivity contribution in [2.45, 2.75) is 0 Å². The van der Waals surface area contributed by atoms with Gasteiger partial charge in [0.25, 0.3) is 0 Å². The molecule has 0 N–H and O–H groups in total. The van der Waals surface area contributed by atoms with E-state index in [1.54, 1.807) is 0 Å². The number of thiophene rings is 1. The van der Waals surface area contributed by atoms with Crippen LogP contribution >= 0.6 is 11.3 Å². The smallest absolute Gasteiger partial charge is 0.138 e. The largest absolute Gasteiger partial charge is 0.292 e. The molecule has 0 bridgehead atoms. The monoisotopic (exact) mass is 427 g/mol. The van der Waals surface area contributed by atoms with Crippen molar-refractivity contribution in [1.82, 2.24) is 14.5 Å². The standard InChI is InChI=1S/C28H17N3S/c1-3-13-23-21(9-1)27-24(14-7-17-29-27)31(23)26-16-6-12-22(30-26)20-11-5-10-19-18-8-2-4-15-25(18)32-28(19)20/h1-17H. The average Bonchev–Trinajstić information content (AvgIpc) is 3.40. The van der Waals surface area contributed by atoms with E-state index in [0.717, 1.165) is 33.4 Å². The fraction of sp³-hybridized carbons (Fsp3) is 0. The van der Waals surface area contributed by atoms with E-state index >= 15 is 0 Å². The molecule has 4 aromatic heterocycles. The van der Waals surface area contributed by atoms with Crippen molar-refractivity contribution >= 4 is 53.4 Å². The topological polar surface area (TPSA) is 30.7 Å². The second-order valence-electron chi connectivity index (χ2n) is 7.89. The molecule has 0 spiro atoms. The summed E-state index contributed by atoms with van der Waals surface area (Å²) < 4.78 is 4.80. The maximum atomic E-state index is 5.15. The number of pyridine rings is 2. The van der Waals surface area contributed by atoms with Crippen LogP contribution in [0.1, 0.15) is 0 Å². The molecule has 7 aromatic rings. The fourth-order valence-corrected chi connectivity index (χ4v) is 5.90. The maximum Gasteiger partial charge on any atom is 0.138 e. The third kappa shape index (κ3) is 2.47. The molecule has 4 heterocycles. The van der Waals surface area contributed by atoms with Crippen LogP contribution in [0.3, 0.4) is 0 Å². The van der Waals surface area contributed by atoms with E-state index in [1.807, 2.05) is 23.6 Å². The Morgan fingerprint density at radius 3 is 2.38 bits per heavy atom. The second-order valence-corrected chi connectivity index (χ2v) is 8.94. The molecular weight excluding hydrogens is 410 g/mol. The van der Waals surface area contributed by atoms with Crippen LogP contribution in [0, 0.1) is 0 Å². The van der Waals surface area contributed by atoms with E-state index in [-0.39, 0.29) is 0 Å². The van der Waals surface area contributed by atoms with Crippen molar-refractivity contribution in [3.63, 3.8) is 0 Å². The minimum absolute atomic E-state index is 0.903. The molecule has 0 atom stereocenters. The van der Waals surface area contributed by atoms with Crippen molar-refractivity contribution in [1.29, 1.82) is 0 Å². The van der Waals surface area contributed by atoms with Gasteiger partial charge in [0.2, 0.25) is 0 Å². The predicted octanol–water partition coefficient (Wildman–Crippen LogP) is 7.61. The van der Waals surface area contributed by atoms with Gasteiger partial charge < -0.3 is 0 Å². The number of nitrogens with zero attached hydrogens (tertiary/aromatic N) is 3. The molecule has 4 heteroatoms. The summed E-state index contributed by atoms with van der Waals surface area (Å²) in [5.41, 5.74) is 5.34. The van der Waals surface area contributed by atoms with Gasteiger partial charge in [0.15, 0.2) is 0 Å². The van der Waals surface area contributed by atoms with Crippen molar-refractivity contribution in [2.24, 2.45) is 0 Å². The number of rotatable bonds is 2. The van der Waals surface area contributed by atoms with Crippen molar-refractivity contribution < 1.29 is 0 Å². The maximum absolute atomic E-state index is 5.15. The van der Waals surface area contributed by atoms with Gasteiger partial charge in [-0.25, -0.2) is 4.98 Å². The van der Waals surface area contributed by atoms with E-state index < -0.39 is 0 Å². The lowest BCUT2D eigenvalue weighted by Gasteiger charge is -2.09. The summed E-state index contributed by atoms with van der Waals surface area (Å²) in [6.07, 6.45) is 1.85. The summed E-state index contributed by atoms with van der Waals surface area (Å²) in [6.45, 7) is 0. The molecule has 3 aromatic carbocycles. The third-order valence-electron chi connectivity index (χ3n) is 6.07. The highest BCUT2D eigenvalue weighted by molar-refractivity contribution is 7.26. The first-order valence-corrected chi connectivity index (χ1v) is 11.4. The van der Waals surface area contributed by atoms with E-state index in [2.05, 4.69) is 101 Å². The molecule has 0 aliphatic heterocycles. The van der Waals surface area contributed by atoms with E-state index in [4.69, 9.17) is 4.98 Å². The Labute approximate surface area is 188 Å². The molecule has 7 rings (SSSR count). The van der Waals surface area contributed by atoms with Crippen LogP contribution in [0.5, 0.6) is 0 Å². The third-order valence-corrected chi connectivity index (χ3v) is 7.29. The van der Waals surface area contributed by atoms with Gasteiger partial charge in [0, 0.05) is 37.3 Å².